The molecule has 0 bridgehead atoms. The monoisotopic (exact) mass is 326 g/mol. The summed E-state index contributed by atoms with van der Waals surface area (Å²) in [4.78, 5) is 14.4. The number of benzene rings is 1. The van der Waals surface area contributed by atoms with E-state index in [2.05, 4.69) is 0 Å². The minimum Gasteiger partial charge on any atom is -0.370 e. The van der Waals surface area contributed by atoms with Crippen molar-refractivity contribution in [1.29, 1.82) is 0 Å². The number of morpholine rings is 1. The number of nitrogens with two attached hydrogens (primary N) is 1. The maximum Gasteiger partial charge on any atom is 0.225 e. The maximum atomic E-state index is 13.3. The van der Waals surface area contributed by atoms with Crippen molar-refractivity contribution >= 4 is 17.5 Å². The van der Waals surface area contributed by atoms with Crippen LogP contribution in [0, 0.1) is 11.7 Å². The molecule has 1 heterocycles. The molecular formula is C16H20ClFN2O2. The van der Waals surface area contributed by atoms with E-state index in [1.54, 1.807) is 12.1 Å². The van der Waals surface area contributed by atoms with Gasteiger partial charge in [-0.1, -0.05) is 17.7 Å². The summed E-state index contributed by atoms with van der Waals surface area (Å²) >= 11 is 5.83. The van der Waals surface area contributed by atoms with E-state index >= 15 is 0 Å². The Labute approximate surface area is 134 Å². The zero-order valence-corrected chi connectivity index (χ0v) is 13.1. The standard InChI is InChI=1S/C16H20ClFN2O2/c17-13-8-10(2-4-14(13)18)15-9-20(5-6-22-15)16(21)11-1-3-12(19)7-11/h2,4,8,11-12,15H,1,3,5-7,9,19H2/t11-,12+,15-/m0/s1. The molecule has 1 aromatic carbocycles. The molecule has 22 heavy (non-hydrogen) atoms. The lowest BCUT2D eigenvalue weighted by molar-refractivity contribution is -0.143. The molecule has 1 amide bonds. The lowest BCUT2D eigenvalue weighted by Crippen LogP contribution is -2.44. The highest BCUT2D eigenvalue weighted by Gasteiger charge is 2.33. The van der Waals surface area contributed by atoms with Gasteiger partial charge >= 0.3 is 0 Å². The Morgan fingerprint density at radius 1 is 1.41 bits per heavy atom. The molecule has 2 fully saturated rings. The van der Waals surface area contributed by atoms with Gasteiger partial charge in [-0.3, -0.25) is 4.79 Å². The van der Waals surface area contributed by atoms with E-state index < -0.39 is 5.82 Å². The summed E-state index contributed by atoms with van der Waals surface area (Å²) in [7, 11) is 0. The van der Waals surface area contributed by atoms with Gasteiger partial charge in [0.1, 0.15) is 11.9 Å². The van der Waals surface area contributed by atoms with Crippen LogP contribution in [0.3, 0.4) is 0 Å². The van der Waals surface area contributed by atoms with Crippen molar-refractivity contribution in [2.45, 2.75) is 31.4 Å². The van der Waals surface area contributed by atoms with Gasteiger partial charge in [-0.05, 0) is 37.0 Å². The maximum absolute atomic E-state index is 13.3. The zero-order chi connectivity index (χ0) is 15.7. The third-order valence-corrected chi connectivity index (χ3v) is 4.81. The van der Waals surface area contributed by atoms with Gasteiger partial charge in [-0.25, -0.2) is 4.39 Å². The first-order valence-corrected chi connectivity index (χ1v) is 8.03. The largest absolute Gasteiger partial charge is 0.370 e. The molecule has 3 atom stereocenters. The first kappa shape index (κ1) is 15.7. The van der Waals surface area contributed by atoms with Crippen LogP contribution in [0.2, 0.25) is 5.02 Å². The van der Waals surface area contributed by atoms with E-state index in [0.717, 1.165) is 24.8 Å². The molecule has 0 aromatic heterocycles. The molecule has 0 unspecified atom stereocenters. The number of hydrogen-bond acceptors (Lipinski definition) is 3. The fraction of sp³-hybridized carbons (Fsp3) is 0.562. The van der Waals surface area contributed by atoms with Crippen LogP contribution in [0.25, 0.3) is 0 Å². The van der Waals surface area contributed by atoms with Crippen LogP contribution in [0.1, 0.15) is 30.9 Å². The quantitative estimate of drug-likeness (QED) is 0.908. The average Bonchev–Trinajstić information content (AvgIpc) is 2.96. The summed E-state index contributed by atoms with van der Waals surface area (Å²) in [6.07, 6.45) is 2.29. The first-order chi connectivity index (χ1) is 10.5. The van der Waals surface area contributed by atoms with E-state index in [1.165, 1.54) is 6.07 Å². The van der Waals surface area contributed by atoms with Crippen molar-refractivity contribution in [2.75, 3.05) is 19.7 Å². The lowest BCUT2D eigenvalue weighted by atomic mass is 10.0. The van der Waals surface area contributed by atoms with Crippen LogP contribution in [-0.2, 0) is 9.53 Å². The van der Waals surface area contributed by atoms with Gasteiger partial charge in [0.25, 0.3) is 0 Å². The molecule has 4 nitrogen and oxygen atoms in total. The van der Waals surface area contributed by atoms with Crippen molar-refractivity contribution < 1.29 is 13.9 Å². The Morgan fingerprint density at radius 2 is 2.23 bits per heavy atom. The Kier molecular flexibility index (Phi) is 4.66. The number of halogens is 2. The van der Waals surface area contributed by atoms with Crippen molar-refractivity contribution in [2.24, 2.45) is 11.7 Å². The average molecular weight is 327 g/mol. The molecule has 1 aliphatic heterocycles. The van der Waals surface area contributed by atoms with Gasteiger partial charge in [0.15, 0.2) is 0 Å². The van der Waals surface area contributed by atoms with Crippen LogP contribution in [0.4, 0.5) is 4.39 Å². The lowest BCUT2D eigenvalue weighted by Gasteiger charge is -2.34. The van der Waals surface area contributed by atoms with Crippen molar-refractivity contribution in [3.63, 3.8) is 0 Å². The smallest absolute Gasteiger partial charge is 0.225 e. The molecule has 0 spiro atoms. The second-order valence-electron chi connectivity index (χ2n) is 6.09. The summed E-state index contributed by atoms with van der Waals surface area (Å²) in [5.41, 5.74) is 6.69. The van der Waals surface area contributed by atoms with Crippen LogP contribution >= 0.6 is 11.6 Å². The number of ether oxygens (including phenoxy) is 1. The summed E-state index contributed by atoms with van der Waals surface area (Å²) in [5, 5.41) is 0.0753. The van der Waals surface area contributed by atoms with Crippen LogP contribution in [0.5, 0.6) is 0 Å². The van der Waals surface area contributed by atoms with E-state index in [0.29, 0.717) is 19.7 Å². The molecule has 2 N–H and O–H groups in total. The molecule has 1 aromatic rings. The van der Waals surface area contributed by atoms with Gasteiger partial charge in [0.05, 0.1) is 18.2 Å². The van der Waals surface area contributed by atoms with Crippen molar-refractivity contribution in [1.82, 2.24) is 4.90 Å². The molecule has 0 radical (unpaired) electrons. The number of nitrogens with zero attached hydrogens (tertiary/aromatic N) is 1. The number of amides is 1. The Bertz CT molecular complexity index is 569. The van der Waals surface area contributed by atoms with Crippen molar-refractivity contribution in [3.8, 4) is 0 Å². The first-order valence-electron chi connectivity index (χ1n) is 7.65. The van der Waals surface area contributed by atoms with Gasteiger partial charge in [-0.15, -0.1) is 0 Å². The molecule has 1 saturated carbocycles. The van der Waals surface area contributed by atoms with Gasteiger partial charge in [0.2, 0.25) is 5.91 Å². The van der Waals surface area contributed by atoms with Crippen molar-refractivity contribution in [3.05, 3.63) is 34.6 Å². The van der Waals surface area contributed by atoms with Crippen LogP contribution < -0.4 is 5.73 Å². The van der Waals surface area contributed by atoms with Crippen LogP contribution in [-0.4, -0.2) is 36.5 Å². The molecule has 1 aliphatic carbocycles. The Hall–Kier alpha value is -1.17. The summed E-state index contributed by atoms with van der Waals surface area (Å²) in [6, 6.07) is 4.70. The highest BCUT2D eigenvalue weighted by molar-refractivity contribution is 6.30. The molecule has 2 aliphatic rings. The van der Waals surface area contributed by atoms with E-state index in [4.69, 9.17) is 22.1 Å². The third-order valence-electron chi connectivity index (χ3n) is 4.52. The predicted octanol–water partition coefficient (Wildman–Crippen LogP) is 2.51. The number of rotatable bonds is 2. The van der Waals surface area contributed by atoms with E-state index in [1.807, 2.05) is 4.90 Å². The van der Waals surface area contributed by atoms with Gasteiger partial charge in [0, 0.05) is 18.5 Å². The minimum atomic E-state index is -0.450. The summed E-state index contributed by atoms with van der Waals surface area (Å²) in [6.45, 7) is 1.55. The topological polar surface area (TPSA) is 55.6 Å². The molecule has 3 rings (SSSR count). The normalized spacial score (nSPS) is 28.9. The molecule has 1 saturated heterocycles. The van der Waals surface area contributed by atoms with Gasteiger partial charge < -0.3 is 15.4 Å². The SMILES string of the molecule is N[C@@H]1CC[C@H](C(=O)N2CCO[C@H](c3ccc(F)c(Cl)c3)C2)C1. The third kappa shape index (κ3) is 3.26. The zero-order valence-electron chi connectivity index (χ0n) is 12.3. The second kappa shape index (κ2) is 6.52. The minimum absolute atomic E-state index is 0.0329. The molecule has 120 valence electrons. The number of carbonyl (C=O) groups is 1. The van der Waals surface area contributed by atoms with Gasteiger partial charge in [-0.2, -0.15) is 0 Å². The Balaban J connectivity index is 1.68. The fourth-order valence-electron chi connectivity index (χ4n) is 3.26. The Morgan fingerprint density at radius 3 is 2.91 bits per heavy atom. The number of carbonyl (C=O) groups excluding carboxylic acids is 1. The summed E-state index contributed by atoms with van der Waals surface area (Å²) in [5.74, 6) is -0.255. The fourth-order valence-corrected chi connectivity index (χ4v) is 3.45. The highest BCUT2D eigenvalue weighted by atomic mass is 35.5. The molecular weight excluding hydrogens is 307 g/mol. The second-order valence-corrected chi connectivity index (χ2v) is 6.49. The summed E-state index contributed by atoms with van der Waals surface area (Å²) < 4.78 is 19.0. The highest BCUT2D eigenvalue weighted by Crippen LogP contribution is 2.30. The van der Waals surface area contributed by atoms with E-state index in [9.17, 15) is 9.18 Å². The van der Waals surface area contributed by atoms with Crippen LogP contribution in [0.15, 0.2) is 18.2 Å². The molecule has 6 heteroatoms. The van der Waals surface area contributed by atoms with E-state index in [-0.39, 0.29) is 29.0 Å². The predicted molar refractivity (Wildman–Crippen MR) is 82.0 cm³/mol. The number of hydrogen-bond donors (Lipinski definition) is 1.